The highest BCUT2D eigenvalue weighted by atomic mass is 16.5. The van der Waals surface area contributed by atoms with Crippen molar-refractivity contribution in [2.75, 3.05) is 40.5 Å². The fourth-order valence-electron chi connectivity index (χ4n) is 5.50. The molecule has 0 spiro atoms. The van der Waals surface area contributed by atoms with Gasteiger partial charge >= 0.3 is 0 Å². The summed E-state index contributed by atoms with van der Waals surface area (Å²) in [6.45, 7) is 12.4. The number of ether oxygens (including phenoxy) is 2. The molecule has 1 aromatic carbocycles. The quantitative estimate of drug-likeness (QED) is 0.555. The van der Waals surface area contributed by atoms with E-state index < -0.39 is 0 Å². The van der Waals surface area contributed by atoms with Crippen LogP contribution in [-0.4, -0.2) is 67.8 Å². The molecule has 7 nitrogen and oxygen atoms in total. The van der Waals surface area contributed by atoms with E-state index >= 15 is 0 Å². The summed E-state index contributed by atoms with van der Waals surface area (Å²) in [7, 11) is 3.39. The number of nitrogens with one attached hydrogen (secondary N) is 1. The zero-order valence-electron chi connectivity index (χ0n) is 20.7. The summed E-state index contributed by atoms with van der Waals surface area (Å²) >= 11 is 0. The Kier molecular flexibility index (Phi) is 6.32. The maximum Gasteiger partial charge on any atom is 0.191 e. The number of piperidine rings is 1. The molecule has 2 fully saturated rings. The molecule has 0 radical (unpaired) electrons. The van der Waals surface area contributed by atoms with Gasteiger partial charge in [0.15, 0.2) is 11.2 Å². The van der Waals surface area contributed by atoms with Crippen LogP contribution in [0.25, 0.3) is 22.2 Å². The van der Waals surface area contributed by atoms with Gasteiger partial charge in [-0.2, -0.15) is 5.10 Å². The first-order valence-electron chi connectivity index (χ1n) is 12.2. The van der Waals surface area contributed by atoms with E-state index in [0.29, 0.717) is 29.1 Å². The molecule has 5 rings (SSSR count). The van der Waals surface area contributed by atoms with Crippen LogP contribution in [0.3, 0.4) is 0 Å². The third-order valence-electron chi connectivity index (χ3n) is 7.44. The first-order chi connectivity index (χ1) is 16.5. The van der Waals surface area contributed by atoms with Crippen molar-refractivity contribution in [3.63, 3.8) is 0 Å². The molecule has 7 heteroatoms. The van der Waals surface area contributed by atoms with Crippen molar-refractivity contribution in [2.45, 2.75) is 44.6 Å². The lowest BCUT2D eigenvalue weighted by molar-refractivity contribution is -0.0712. The number of nitrogens with zero attached hydrogens (tertiary/aromatic N) is 4. The lowest BCUT2D eigenvalue weighted by Gasteiger charge is -2.41. The number of likely N-dealkylation sites (tertiary alicyclic amines) is 1. The van der Waals surface area contributed by atoms with Gasteiger partial charge in [0.25, 0.3) is 0 Å². The lowest BCUT2D eigenvalue weighted by Crippen LogP contribution is -2.51. The molecule has 1 N–H and O–H groups in total. The van der Waals surface area contributed by atoms with Gasteiger partial charge in [-0.25, -0.2) is 4.68 Å². The Morgan fingerprint density at radius 1 is 1.18 bits per heavy atom. The van der Waals surface area contributed by atoms with E-state index in [1.165, 1.54) is 29.4 Å². The lowest BCUT2D eigenvalue weighted by atomic mass is 9.87. The van der Waals surface area contributed by atoms with E-state index in [1.807, 2.05) is 12.3 Å². The normalized spacial score (nSPS) is 18.6. The molecule has 0 bridgehead atoms. The van der Waals surface area contributed by atoms with Crippen molar-refractivity contribution < 1.29 is 9.47 Å². The fourth-order valence-corrected chi connectivity index (χ4v) is 5.50. The van der Waals surface area contributed by atoms with E-state index in [-0.39, 0.29) is 0 Å². The zero-order valence-corrected chi connectivity index (χ0v) is 20.7. The average Bonchev–Trinajstić information content (AvgIpc) is 3.21. The topological polar surface area (TPSA) is 67.1 Å². The molecule has 2 aliphatic heterocycles. The van der Waals surface area contributed by atoms with Gasteiger partial charge in [0.2, 0.25) is 0 Å². The Balaban J connectivity index is 1.53. The molecule has 0 unspecified atom stereocenters. The largest absolute Gasteiger partial charge is 0.493 e. The number of aromatic amines is 1. The number of H-pyrrole nitrogens is 1. The number of hydrogen-bond acceptors (Lipinski definition) is 5. The molecule has 2 saturated heterocycles. The number of rotatable bonds is 6. The van der Waals surface area contributed by atoms with Gasteiger partial charge in [0.05, 0.1) is 32.1 Å². The van der Waals surface area contributed by atoms with Crippen LogP contribution in [-0.2, 0) is 4.74 Å². The number of methoxy groups -OCH3 is 1. The predicted octanol–water partition coefficient (Wildman–Crippen LogP) is 4.34. The Hall–Kier alpha value is -2.90. The van der Waals surface area contributed by atoms with Crippen molar-refractivity contribution >= 4 is 17.6 Å². The number of benzene rings is 1. The van der Waals surface area contributed by atoms with Crippen molar-refractivity contribution in [1.29, 1.82) is 0 Å². The summed E-state index contributed by atoms with van der Waals surface area (Å²) in [6.07, 6.45) is 4.39. The van der Waals surface area contributed by atoms with Crippen LogP contribution < -0.4 is 10.2 Å². The molecule has 2 aromatic heterocycles. The van der Waals surface area contributed by atoms with Crippen LogP contribution in [0.1, 0.15) is 49.7 Å². The summed E-state index contributed by atoms with van der Waals surface area (Å²) in [4.78, 5) is 10.6. The molecule has 0 saturated carbocycles. The summed E-state index contributed by atoms with van der Waals surface area (Å²) < 4.78 is 12.7. The molecule has 3 aromatic rings. The number of fused-ring (bicyclic) bond motifs is 1. The highest BCUT2D eigenvalue weighted by Gasteiger charge is 2.30. The smallest absolute Gasteiger partial charge is 0.191 e. The second kappa shape index (κ2) is 9.39. The van der Waals surface area contributed by atoms with E-state index in [2.05, 4.69) is 58.7 Å². The Labute approximate surface area is 201 Å². The van der Waals surface area contributed by atoms with E-state index in [4.69, 9.17) is 9.47 Å². The van der Waals surface area contributed by atoms with Gasteiger partial charge < -0.3 is 14.5 Å². The van der Waals surface area contributed by atoms with Crippen LogP contribution in [0.5, 0.6) is 5.75 Å². The molecule has 0 amide bonds. The highest BCUT2D eigenvalue weighted by Crippen LogP contribution is 2.39. The van der Waals surface area contributed by atoms with Gasteiger partial charge in [0, 0.05) is 36.4 Å². The number of hydrogen-bond donors (Lipinski definition) is 1. The Bertz CT molecular complexity index is 1260. The van der Waals surface area contributed by atoms with Crippen LogP contribution in [0.2, 0.25) is 0 Å². The maximum absolute atomic E-state index is 5.62. The second-order valence-electron chi connectivity index (χ2n) is 9.71. The fraction of sp³-hybridized carbons (Fsp3) is 0.481. The SMILES string of the molecule is C=Nn1cc(-c2[nH]c3ccc(C4CCN(C5COC5)CC4)cc3c2C(C)C)cc(OC)/c1=N/C. The summed E-state index contributed by atoms with van der Waals surface area (Å²) in [5, 5.41) is 5.44. The highest BCUT2D eigenvalue weighted by molar-refractivity contribution is 5.92. The Morgan fingerprint density at radius 3 is 2.53 bits per heavy atom. The molecule has 0 atom stereocenters. The van der Waals surface area contributed by atoms with Gasteiger partial charge in [0.1, 0.15) is 0 Å². The molecular weight excluding hydrogens is 426 g/mol. The predicted molar refractivity (Wildman–Crippen MR) is 137 cm³/mol. The third-order valence-corrected chi connectivity index (χ3v) is 7.44. The van der Waals surface area contributed by atoms with Gasteiger partial charge in [-0.3, -0.25) is 9.89 Å². The summed E-state index contributed by atoms with van der Waals surface area (Å²) in [5.74, 6) is 1.63. The second-order valence-corrected chi connectivity index (χ2v) is 9.71. The van der Waals surface area contributed by atoms with E-state index in [9.17, 15) is 0 Å². The van der Waals surface area contributed by atoms with Crippen LogP contribution >= 0.6 is 0 Å². The maximum atomic E-state index is 5.62. The third kappa shape index (κ3) is 3.97. The first kappa shape index (κ1) is 22.9. The Morgan fingerprint density at radius 2 is 1.94 bits per heavy atom. The minimum absolute atomic E-state index is 0.353. The summed E-state index contributed by atoms with van der Waals surface area (Å²) in [6, 6.07) is 9.65. The molecule has 180 valence electrons. The molecule has 2 aliphatic rings. The number of pyridine rings is 1. The minimum atomic E-state index is 0.353. The summed E-state index contributed by atoms with van der Waals surface area (Å²) in [5.41, 5.74) is 6.68. The first-order valence-corrected chi connectivity index (χ1v) is 12.2. The van der Waals surface area contributed by atoms with Crippen LogP contribution in [0.15, 0.2) is 40.6 Å². The standard InChI is InChI=1S/C27H35N5O2/c1-17(2)25-22-12-19(18-8-10-31(11-9-18)21-15-34-16-21)6-7-23(22)30-26(25)20-13-24(33-5)27(28-3)32(14-20)29-4/h6-7,12-14,17-18,21,30H,4,8-11,15-16H2,1-3,5H3/b28-27-. The number of aromatic nitrogens is 2. The van der Waals surface area contributed by atoms with E-state index in [1.54, 1.807) is 18.8 Å². The molecule has 34 heavy (non-hydrogen) atoms. The van der Waals surface area contributed by atoms with Crippen molar-refractivity contribution in [1.82, 2.24) is 14.6 Å². The molecule has 4 heterocycles. The van der Waals surface area contributed by atoms with Gasteiger partial charge in [-0.15, -0.1) is 0 Å². The monoisotopic (exact) mass is 461 g/mol. The van der Waals surface area contributed by atoms with Crippen molar-refractivity contribution in [3.05, 3.63) is 47.1 Å². The average molecular weight is 462 g/mol. The van der Waals surface area contributed by atoms with Crippen LogP contribution in [0.4, 0.5) is 0 Å². The van der Waals surface area contributed by atoms with E-state index in [0.717, 1.165) is 43.1 Å². The van der Waals surface area contributed by atoms with Gasteiger partial charge in [-0.1, -0.05) is 19.9 Å². The zero-order chi connectivity index (χ0) is 23.8. The van der Waals surface area contributed by atoms with Crippen molar-refractivity contribution in [2.24, 2.45) is 10.1 Å². The molecular formula is C27H35N5O2. The van der Waals surface area contributed by atoms with Crippen molar-refractivity contribution in [3.8, 4) is 17.0 Å². The van der Waals surface area contributed by atoms with Crippen LogP contribution in [0, 0.1) is 0 Å². The van der Waals surface area contributed by atoms with Gasteiger partial charge in [-0.05, 0) is 67.1 Å². The molecule has 0 aliphatic carbocycles. The minimum Gasteiger partial charge on any atom is -0.493 e.